The summed E-state index contributed by atoms with van der Waals surface area (Å²) in [5.74, 6) is 0.754. The smallest absolute Gasteiger partial charge is 0.122 e. The molecule has 0 fully saturated rings. The van der Waals surface area contributed by atoms with E-state index in [0.717, 1.165) is 22.2 Å². The Morgan fingerprint density at radius 1 is 1.05 bits per heavy atom. The van der Waals surface area contributed by atoms with Crippen LogP contribution in [0.4, 0.5) is 0 Å². The lowest BCUT2D eigenvalue weighted by Gasteiger charge is -2.08. The molecule has 96 valence electrons. The Balaban J connectivity index is 1.82. The molecular weight excluding hydrogens is 248 g/mol. The Bertz CT molecular complexity index is 790. The Morgan fingerprint density at radius 3 is 2.85 bits per heavy atom. The molecule has 20 heavy (non-hydrogen) atoms. The van der Waals surface area contributed by atoms with Crippen LogP contribution in [-0.4, -0.2) is 4.98 Å². The number of ether oxygens (including phenoxy) is 1. The van der Waals surface area contributed by atoms with E-state index in [4.69, 9.17) is 10.00 Å². The van der Waals surface area contributed by atoms with Gasteiger partial charge in [0.25, 0.3) is 0 Å². The molecule has 0 aliphatic heterocycles. The lowest BCUT2D eigenvalue weighted by Crippen LogP contribution is -1.98. The Morgan fingerprint density at radius 2 is 1.95 bits per heavy atom. The van der Waals surface area contributed by atoms with Gasteiger partial charge in [-0.3, -0.25) is 4.98 Å². The van der Waals surface area contributed by atoms with Gasteiger partial charge in [0.1, 0.15) is 12.4 Å². The van der Waals surface area contributed by atoms with Crippen LogP contribution in [0.1, 0.15) is 11.1 Å². The molecule has 3 nitrogen and oxygen atoms in total. The molecule has 3 aromatic rings. The number of nitriles is 1. The highest BCUT2D eigenvalue weighted by molar-refractivity contribution is 5.79. The van der Waals surface area contributed by atoms with Crippen LogP contribution >= 0.6 is 0 Å². The second kappa shape index (κ2) is 5.41. The molecule has 0 unspecified atom stereocenters. The van der Waals surface area contributed by atoms with Crippen LogP contribution in [0.3, 0.4) is 0 Å². The fourth-order valence-electron chi connectivity index (χ4n) is 2.05. The second-order valence-corrected chi connectivity index (χ2v) is 4.42. The quantitative estimate of drug-likeness (QED) is 0.721. The summed E-state index contributed by atoms with van der Waals surface area (Å²) in [4.78, 5) is 4.30. The largest absolute Gasteiger partial charge is 0.489 e. The van der Waals surface area contributed by atoms with Gasteiger partial charge in [-0.25, -0.2) is 0 Å². The van der Waals surface area contributed by atoms with E-state index in [1.807, 2.05) is 48.5 Å². The summed E-state index contributed by atoms with van der Waals surface area (Å²) in [6.07, 6.45) is 1.76. The zero-order valence-electron chi connectivity index (χ0n) is 10.8. The third kappa shape index (κ3) is 2.45. The molecule has 3 rings (SSSR count). The van der Waals surface area contributed by atoms with Crippen molar-refractivity contribution in [2.45, 2.75) is 6.61 Å². The molecule has 0 spiro atoms. The second-order valence-electron chi connectivity index (χ2n) is 4.42. The zero-order chi connectivity index (χ0) is 13.8. The third-order valence-electron chi connectivity index (χ3n) is 3.11. The number of pyridine rings is 1. The SMILES string of the molecule is N#Cc1ccccc1COc1ccc2cccnc2c1. The molecule has 0 aliphatic carbocycles. The van der Waals surface area contributed by atoms with Crippen LogP contribution in [0.25, 0.3) is 10.9 Å². The lowest BCUT2D eigenvalue weighted by atomic mass is 10.1. The van der Waals surface area contributed by atoms with Gasteiger partial charge in [-0.05, 0) is 24.3 Å². The highest BCUT2D eigenvalue weighted by Gasteiger charge is 2.03. The van der Waals surface area contributed by atoms with Crippen molar-refractivity contribution in [3.8, 4) is 11.8 Å². The van der Waals surface area contributed by atoms with E-state index in [2.05, 4.69) is 11.1 Å². The first-order chi connectivity index (χ1) is 9.86. The Labute approximate surface area is 117 Å². The van der Waals surface area contributed by atoms with Crippen molar-refractivity contribution in [3.63, 3.8) is 0 Å². The van der Waals surface area contributed by atoms with Crippen molar-refractivity contribution in [2.75, 3.05) is 0 Å². The topological polar surface area (TPSA) is 45.9 Å². The lowest BCUT2D eigenvalue weighted by molar-refractivity contribution is 0.306. The maximum atomic E-state index is 9.04. The fourth-order valence-corrected chi connectivity index (χ4v) is 2.05. The van der Waals surface area contributed by atoms with Crippen LogP contribution in [0.15, 0.2) is 60.8 Å². The Hall–Kier alpha value is -2.86. The predicted octanol–water partition coefficient (Wildman–Crippen LogP) is 3.69. The highest BCUT2D eigenvalue weighted by atomic mass is 16.5. The number of benzene rings is 2. The zero-order valence-corrected chi connectivity index (χ0v) is 10.8. The van der Waals surface area contributed by atoms with Gasteiger partial charge in [0, 0.05) is 23.2 Å². The van der Waals surface area contributed by atoms with E-state index in [-0.39, 0.29) is 0 Å². The number of fused-ring (bicyclic) bond motifs is 1. The first-order valence-corrected chi connectivity index (χ1v) is 6.32. The summed E-state index contributed by atoms with van der Waals surface area (Å²) in [5, 5.41) is 10.1. The van der Waals surface area contributed by atoms with Crippen LogP contribution < -0.4 is 4.74 Å². The summed E-state index contributed by atoms with van der Waals surface area (Å²) in [5.41, 5.74) is 2.43. The van der Waals surface area contributed by atoms with E-state index in [1.165, 1.54) is 0 Å². The molecule has 0 atom stereocenters. The van der Waals surface area contributed by atoms with E-state index >= 15 is 0 Å². The molecule has 0 saturated carbocycles. The summed E-state index contributed by atoms with van der Waals surface area (Å²) < 4.78 is 5.75. The van der Waals surface area contributed by atoms with E-state index in [1.54, 1.807) is 12.3 Å². The maximum absolute atomic E-state index is 9.04. The highest BCUT2D eigenvalue weighted by Crippen LogP contribution is 2.20. The normalized spacial score (nSPS) is 10.2. The van der Waals surface area contributed by atoms with Crippen LogP contribution in [0.2, 0.25) is 0 Å². The van der Waals surface area contributed by atoms with Crippen LogP contribution in [0, 0.1) is 11.3 Å². The number of nitrogens with zero attached hydrogens (tertiary/aromatic N) is 2. The van der Waals surface area contributed by atoms with Crippen molar-refractivity contribution in [3.05, 3.63) is 71.9 Å². The van der Waals surface area contributed by atoms with Gasteiger partial charge in [0.15, 0.2) is 0 Å². The molecule has 0 N–H and O–H groups in total. The summed E-state index contributed by atoms with van der Waals surface area (Å²) >= 11 is 0. The van der Waals surface area contributed by atoms with Gasteiger partial charge in [-0.15, -0.1) is 0 Å². The van der Waals surface area contributed by atoms with Gasteiger partial charge in [-0.2, -0.15) is 5.26 Å². The van der Waals surface area contributed by atoms with Crippen LogP contribution in [0.5, 0.6) is 5.75 Å². The summed E-state index contributed by atoms with van der Waals surface area (Å²) in [6.45, 7) is 0.377. The van der Waals surface area contributed by atoms with Crippen molar-refractivity contribution in [1.29, 1.82) is 5.26 Å². The fraction of sp³-hybridized carbons (Fsp3) is 0.0588. The van der Waals surface area contributed by atoms with Crippen molar-refractivity contribution in [1.82, 2.24) is 4.98 Å². The number of aromatic nitrogens is 1. The van der Waals surface area contributed by atoms with Crippen molar-refractivity contribution >= 4 is 10.9 Å². The monoisotopic (exact) mass is 260 g/mol. The summed E-state index contributed by atoms with van der Waals surface area (Å²) in [6, 6.07) is 19.3. The van der Waals surface area contributed by atoms with Gasteiger partial charge >= 0.3 is 0 Å². The summed E-state index contributed by atoms with van der Waals surface area (Å²) in [7, 11) is 0. The third-order valence-corrected chi connectivity index (χ3v) is 3.11. The van der Waals surface area contributed by atoms with Crippen molar-refractivity contribution in [2.24, 2.45) is 0 Å². The van der Waals surface area contributed by atoms with E-state index in [9.17, 15) is 0 Å². The molecule has 1 aromatic heterocycles. The van der Waals surface area contributed by atoms with Gasteiger partial charge in [-0.1, -0.05) is 24.3 Å². The molecule has 3 heteroatoms. The van der Waals surface area contributed by atoms with E-state index in [0.29, 0.717) is 12.2 Å². The minimum atomic E-state index is 0.377. The average molecular weight is 260 g/mol. The predicted molar refractivity (Wildman–Crippen MR) is 77.2 cm³/mol. The molecule has 0 saturated heterocycles. The first-order valence-electron chi connectivity index (χ1n) is 6.32. The standard InChI is InChI=1S/C17H12N2O/c18-11-14-4-1-2-5-15(14)12-20-16-8-7-13-6-3-9-19-17(13)10-16/h1-10H,12H2. The molecular formula is C17H12N2O. The molecule has 1 heterocycles. The minimum absolute atomic E-state index is 0.377. The van der Waals surface area contributed by atoms with Gasteiger partial charge in [0.2, 0.25) is 0 Å². The molecule has 0 bridgehead atoms. The van der Waals surface area contributed by atoms with Crippen LogP contribution in [-0.2, 0) is 6.61 Å². The van der Waals surface area contributed by atoms with Gasteiger partial charge in [0.05, 0.1) is 17.1 Å². The number of rotatable bonds is 3. The molecule has 0 aliphatic rings. The van der Waals surface area contributed by atoms with Gasteiger partial charge < -0.3 is 4.74 Å². The average Bonchev–Trinajstić information content (AvgIpc) is 2.53. The molecule has 0 radical (unpaired) electrons. The number of hydrogen-bond donors (Lipinski definition) is 0. The van der Waals surface area contributed by atoms with Crippen molar-refractivity contribution < 1.29 is 4.74 Å². The van der Waals surface area contributed by atoms with E-state index < -0.39 is 0 Å². The first kappa shape index (κ1) is 12.2. The molecule has 2 aromatic carbocycles. The minimum Gasteiger partial charge on any atom is -0.489 e. The molecule has 0 amide bonds. The maximum Gasteiger partial charge on any atom is 0.122 e. The Kier molecular flexibility index (Phi) is 3.30. The number of hydrogen-bond acceptors (Lipinski definition) is 3.